The molecule has 0 aliphatic heterocycles. The Hall–Kier alpha value is -3.73. The predicted octanol–water partition coefficient (Wildman–Crippen LogP) is 4.06. The summed E-state index contributed by atoms with van der Waals surface area (Å²) >= 11 is 0. The smallest absolute Gasteiger partial charge is 0.306 e. The van der Waals surface area contributed by atoms with E-state index in [1.54, 1.807) is 13.1 Å². The second kappa shape index (κ2) is 8.44. The van der Waals surface area contributed by atoms with Gasteiger partial charge >= 0.3 is 5.97 Å². The molecule has 0 radical (unpaired) electrons. The molecule has 2 N–H and O–H groups in total. The van der Waals surface area contributed by atoms with E-state index in [1.807, 2.05) is 36.1 Å². The number of carboxylic acids is 1. The van der Waals surface area contributed by atoms with Crippen LogP contribution >= 0.6 is 0 Å². The number of carboxylic acid groups (broad SMARTS) is 1. The summed E-state index contributed by atoms with van der Waals surface area (Å²) in [6, 6.07) is 3.55. The monoisotopic (exact) mass is 483 g/mol. The molecule has 3 saturated carbocycles. The fourth-order valence-corrected chi connectivity index (χ4v) is 6.01. The van der Waals surface area contributed by atoms with Crippen LogP contribution in [0.15, 0.2) is 30.7 Å². The summed E-state index contributed by atoms with van der Waals surface area (Å²) < 4.78 is 1.84. The molecule has 1 amide bonds. The van der Waals surface area contributed by atoms with Crippen molar-refractivity contribution in [1.29, 1.82) is 0 Å². The fourth-order valence-electron chi connectivity index (χ4n) is 6.01. The Morgan fingerprint density at radius 3 is 2.56 bits per heavy atom. The number of rotatable bonds is 6. The van der Waals surface area contributed by atoms with E-state index in [4.69, 9.17) is 0 Å². The Labute approximate surface area is 209 Å². The van der Waals surface area contributed by atoms with Crippen molar-refractivity contribution >= 4 is 22.8 Å². The fraction of sp³-hybridized carbons (Fsp3) is 0.464. The first-order valence-electron chi connectivity index (χ1n) is 12.7. The average Bonchev–Trinajstić information content (AvgIpc) is 3.57. The first-order valence-corrected chi connectivity index (χ1v) is 12.7. The third-order valence-electron chi connectivity index (χ3n) is 8.15. The van der Waals surface area contributed by atoms with Crippen molar-refractivity contribution in [3.05, 3.63) is 53.2 Å². The van der Waals surface area contributed by atoms with Gasteiger partial charge in [0, 0.05) is 29.1 Å². The summed E-state index contributed by atoms with van der Waals surface area (Å²) in [4.78, 5) is 33.9. The van der Waals surface area contributed by atoms with Gasteiger partial charge in [-0.15, -0.1) is 5.92 Å². The first-order chi connectivity index (χ1) is 17.4. The molecule has 184 valence electrons. The van der Waals surface area contributed by atoms with Gasteiger partial charge in [0.15, 0.2) is 0 Å². The van der Waals surface area contributed by atoms with Crippen molar-refractivity contribution in [3.8, 4) is 11.8 Å². The number of benzene rings is 1. The lowest BCUT2D eigenvalue weighted by Crippen LogP contribution is -2.57. The molecule has 6 rings (SSSR count). The number of amides is 1. The van der Waals surface area contributed by atoms with Gasteiger partial charge in [0.25, 0.3) is 5.91 Å². The number of nitrogens with zero attached hydrogens (tertiary/aromatic N) is 4. The van der Waals surface area contributed by atoms with Crippen LogP contribution in [0.2, 0.25) is 0 Å². The minimum absolute atomic E-state index is 0.0621. The zero-order valence-electron chi connectivity index (χ0n) is 20.5. The van der Waals surface area contributed by atoms with Gasteiger partial charge < -0.3 is 10.4 Å². The molecular formula is C28H29N5O3. The topological polar surface area (TPSA) is 110 Å². The Morgan fingerprint density at radius 1 is 1.14 bits per heavy atom. The molecule has 3 aliphatic carbocycles. The highest BCUT2D eigenvalue weighted by Gasteiger charge is 2.55. The highest BCUT2D eigenvalue weighted by Crippen LogP contribution is 2.58. The summed E-state index contributed by atoms with van der Waals surface area (Å²) in [6.07, 6.45) is 10.9. The molecule has 3 aliphatic rings. The molecule has 0 unspecified atom stereocenters. The van der Waals surface area contributed by atoms with Crippen molar-refractivity contribution in [3.63, 3.8) is 0 Å². The quantitative estimate of drug-likeness (QED) is 0.512. The molecule has 0 bridgehead atoms. The second-order valence-electron chi connectivity index (χ2n) is 10.7. The van der Waals surface area contributed by atoms with E-state index in [9.17, 15) is 14.7 Å². The SMILES string of the molecule is CC#Cc1ccc(C(=O)NC2CC3(C2)CC(C(=O)O)C3)c2c1cnn2[C@H](C)c1cnc(C2CC2)cn1. The third kappa shape index (κ3) is 3.83. The van der Waals surface area contributed by atoms with E-state index in [-0.39, 0.29) is 29.3 Å². The van der Waals surface area contributed by atoms with Crippen LogP contribution in [0.25, 0.3) is 10.9 Å². The molecule has 3 fully saturated rings. The van der Waals surface area contributed by atoms with Crippen LogP contribution in [0.4, 0.5) is 0 Å². The number of hydrogen-bond acceptors (Lipinski definition) is 5. The lowest BCUT2D eigenvalue weighted by Gasteiger charge is -2.56. The van der Waals surface area contributed by atoms with Crippen molar-refractivity contribution < 1.29 is 14.7 Å². The Morgan fingerprint density at radius 2 is 1.92 bits per heavy atom. The number of carbonyl (C=O) groups excluding carboxylic acids is 1. The minimum atomic E-state index is -0.708. The number of aromatic nitrogens is 4. The van der Waals surface area contributed by atoms with E-state index in [0.717, 1.165) is 40.7 Å². The number of hydrogen-bond donors (Lipinski definition) is 2. The maximum Gasteiger partial charge on any atom is 0.306 e. The maximum atomic E-state index is 13.4. The Kier molecular flexibility index (Phi) is 5.32. The van der Waals surface area contributed by atoms with E-state index in [2.05, 4.69) is 32.2 Å². The number of nitrogens with one attached hydrogen (secondary N) is 1. The minimum Gasteiger partial charge on any atom is -0.481 e. The molecular weight excluding hydrogens is 454 g/mol. The molecule has 2 aromatic heterocycles. The van der Waals surface area contributed by atoms with Crippen LogP contribution in [-0.2, 0) is 4.79 Å². The van der Waals surface area contributed by atoms with Crippen LogP contribution in [0.5, 0.6) is 0 Å². The Balaban J connectivity index is 1.27. The Bertz CT molecular complexity index is 1410. The summed E-state index contributed by atoms with van der Waals surface area (Å²) in [5.41, 5.74) is 4.04. The van der Waals surface area contributed by atoms with Crippen LogP contribution in [-0.4, -0.2) is 42.8 Å². The maximum absolute atomic E-state index is 13.4. The summed E-state index contributed by atoms with van der Waals surface area (Å²) in [5, 5.41) is 17.8. The lowest BCUT2D eigenvalue weighted by molar-refractivity contribution is -0.155. The third-order valence-corrected chi connectivity index (χ3v) is 8.15. The van der Waals surface area contributed by atoms with Crippen LogP contribution in [0.1, 0.15) is 91.6 Å². The molecule has 1 atom stereocenters. The molecule has 8 nitrogen and oxygen atoms in total. The largest absolute Gasteiger partial charge is 0.481 e. The van der Waals surface area contributed by atoms with Crippen LogP contribution in [0.3, 0.4) is 0 Å². The molecule has 1 spiro atoms. The summed E-state index contributed by atoms with van der Waals surface area (Å²) in [5.74, 6) is 5.53. The van der Waals surface area contributed by atoms with Gasteiger partial charge in [-0.3, -0.25) is 24.2 Å². The number of aliphatic carboxylic acids is 1. The normalized spacial score (nSPS) is 25.4. The lowest BCUT2D eigenvalue weighted by atomic mass is 9.50. The van der Waals surface area contributed by atoms with Gasteiger partial charge in [0.2, 0.25) is 0 Å². The second-order valence-corrected chi connectivity index (χ2v) is 10.7. The zero-order valence-corrected chi connectivity index (χ0v) is 20.5. The highest BCUT2D eigenvalue weighted by molar-refractivity contribution is 6.07. The number of carbonyl (C=O) groups is 2. The predicted molar refractivity (Wildman–Crippen MR) is 133 cm³/mol. The van der Waals surface area contributed by atoms with Gasteiger partial charge in [-0.1, -0.05) is 5.92 Å². The molecule has 8 heteroatoms. The van der Waals surface area contributed by atoms with Crippen molar-refractivity contribution in [2.24, 2.45) is 11.3 Å². The summed E-state index contributed by atoms with van der Waals surface area (Å²) in [7, 11) is 0. The van der Waals surface area contributed by atoms with Gasteiger partial charge in [0.1, 0.15) is 0 Å². The van der Waals surface area contributed by atoms with Crippen molar-refractivity contribution in [1.82, 2.24) is 25.1 Å². The zero-order chi connectivity index (χ0) is 25.0. The van der Waals surface area contributed by atoms with Gasteiger partial charge in [-0.2, -0.15) is 5.10 Å². The molecule has 2 heterocycles. The first kappa shape index (κ1) is 22.7. The average molecular weight is 484 g/mol. The van der Waals surface area contributed by atoms with E-state index >= 15 is 0 Å². The summed E-state index contributed by atoms with van der Waals surface area (Å²) in [6.45, 7) is 3.80. The van der Waals surface area contributed by atoms with Crippen LogP contribution < -0.4 is 5.32 Å². The van der Waals surface area contributed by atoms with E-state index < -0.39 is 5.97 Å². The van der Waals surface area contributed by atoms with Crippen LogP contribution in [0, 0.1) is 23.2 Å². The van der Waals surface area contributed by atoms with Crippen molar-refractivity contribution in [2.75, 3.05) is 0 Å². The molecule has 0 saturated heterocycles. The molecule has 36 heavy (non-hydrogen) atoms. The van der Waals surface area contributed by atoms with E-state index in [0.29, 0.717) is 24.3 Å². The van der Waals surface area contributed by atoms with Gasteiger partial charge in [0.05, 0.1) is 46.8 Å². The number of fused-ring (bicyclic) bond motifs is 1. The molecule has 3 aromatic rings. The van der Waals surface area contributed by atoms with Gasteiger partial charge in [-0.05, 0) is 69.9 Å². The van der Waals surface area contributed by atoms with Gasteiger partial charge in [-0.25, -0.2) is 0 Å². The van der Waals surface area contributed by atoms with E-state index in [1.165, 1.54) is 12.8 Å². The van der Waals surface area contributed by atoms with Crippen molar-refractivity contribution in [2.45, 2.75) is 70.4 Å². The standard InChI is InChI=1S/C28H29N5O3/c1-3-4-17-7-8-21(26(34)32-20-11-28(12-20)9-19(10-28)27(35)36)25-22(17)13-31-33(25)16(2)23-14-30-24(15-29-23)18-5-6-18/h7-8,13-16,18-20H,5-6,9-12H2,1-2H3,(H,32,34)(H,35,36)/t16-,19?,20?,28?/m1/s1. The highest BCUT2D eigenvalue weighted by atomic mass is 16.4. The molecule has 1 aromatic carbocycles.